The molecule has 1 aromatic heterocycles. The molecule has 0 spiro atoms. The van der Waals surface area contributed by atoms with Gasteiger partial charge in [-0.2, -0.15) is 4.98 Å². The second-order valence-corrected chi connectivity index (χ2v) is 3.79. The van der Waals surface area contributed by atoms with Crippen LogP contribution in [0, 0.1) is 0 Å². The van der Waals surface area contributed by atoms with E-state index < -0.39 is 0 Å². The zero-order valence-electron chi connectivity index (χ0n) is 9.44. The molecule has 1 N–H and O–H groups in total. The van der Waals surface area contributed by atoms with Crippen LogP contribution in [0.4, 0.5) is 6.01 Å². The number of nitrogens with one attached hydrogen (secondary N) is 1. The number of hydrogen-bond donors (Lipinski definition) is 1. The number of rotatable bonds is 8. The van der Waals surface area contributed by atoms with Crippen molar-refractivity contribution in [3.63, 3.8) is 0 Å². The fraction of sp³-hybridized carbons (Fsp3) is 0.800. The van der Waals surface area contributed by atoms with Crippen molar-refractivity contribution >= 4 is 6.01 Å². The lowest BCUT2D eigenvalue weighted by molar-refractivity contribution is 0.0714. The first-order valence-corrected chi connectivity index (χ1v) is 5.54. The van der Waals surface area contributed by atoms with Crippen LogP contribution < -0.4 is 5.32 Å². The third kappa shape index (κ3) is 3.79. The molecule has 0 saturated heterocycles. The molecule has 0 radical (unpaired) electrons. The van der Waals surface area contributed by atoms with Crippen molar-refractivity contribution < 1.29 is 14.0 Å². The summed E-state index contributed by atoms with van der Waals surface area (Å²) in [5.41, 5.74) is 0. The summed E-state index contributed by atoms with van der Waals surface area (Å²) < 4.78 is 15.2. The summed E-state index contributed by atoms with van der Waals surface area (Å²) in [5.74, 6) is 0.681. The summed E-state index contributed by atoms with van der Waals surface area (Å²) in [7, 11) is 1.65. The van der Waals surface area contributed by atoms with E-state index in [0.717, 1.165) is 0 Å². The summed E-state index contributed by atoms with van der Waals surface area (Å²) in [4.78, 5) is 4.21. The van der Waals surface area contributed by atoms with Crippen molar-refractivity contribution in [3.8, 4) is 0 Å². The van der Waals surface area contributed by atoms with Gasteiger partial charge in [0.1, 0.15) is 0 Å². The lowest BCUT2D eigenvalue weighted by Crippen LogP contribution is -2.06. The molecule has 1 saturated carbocycles. The van der Waals surface area contributed by atoms with Gasteiger partial charge in [-0.05, 0) is 12.8 Å². The van der Waals surface area contributed by atoms with Crippen molar-refractivity contribution in [2.45, 2.75) is 25.3 Å². The Labute approximate surface area is 94.3 Å². The first kappa shape index (κ1) is 11.3. The van der Waals surface area contributed by atoms with Gasteiger partial charge in [-0.15, -0.1) is 0 Å². The van der Waals surface area contributed by atoms with Crippen molar-refractivity contribution in [2.75, 3.05) is 32.2 Å². The summed E-state index contributed by atoms with van der Waals surface area (Å²) in [6, 6.07) is 1.06. The minimum Gasteiger partial charge on any atom is -0.382 e. The minimum atomic E-state index is 0.523. The van der Waals surface area contributed by atoms with Crippen LogP contribution in [-0.2, 0) is 15.9 Å². The predicted molar refractivity (Wildman–Crippen MR) is 57.3 cm³/mol. The van der Waals surface area contributed by atoms with Gasteiger partial charge in [0.2, 0.25) is 0 Å². The number of nitrogens with zero attached hydrogens (tertiary/aromatic N) is 2. The normalized spacial score (nSPS) is 15.3. The maximum Gasteiger partial charge on any atom is 0.321 e. The molecule has 1 fully saturated rings. The molecule has 16 heavy (non-hydrogen) atoms. The lowest BCUT2D eigenvalue weighted by Gasteiger charge is -2.00. The molecule has 1 heterocycles. The molecule has 0 unspecified atom stereocenters. The molecule has 6 nitrogen and oxygen atoms in total. The largest absolute Gasteiger partial charge is 0.382 e. The number of ether oxygens (including phenoxy) is 2. The molecule has 90 valence electrons. The average Bonchev–Trinajstić information content (AvgIpc) is 2.98. The van der Waals surface area contributed by atoms with Crippen molar-refractivity contribution in [2.24, 2.45) is 0 Å². The number of aromatic nitrogens is 2. The van der Waals surface area contributed by atoms with Crippen LogP contribution in [0.3, 0.4) is 0 Å². The zero-order chi connectivity index (χ0) is 11.2. The Morgan fingerprint density at radius 3 is 3.00 bits per heavy atom. The Kier molecular flexibility index (Phi) is 4.12. The van der Waals surface area contributed by atoms with E-state index in [1.54, 1.807) is 7.11 Å². The minimum absolute atomic E-state index is 0.523. The van der Waals surface area contributed by atoms with Crippen molar-refractivity contribution in [1.29, 1.82) is 0 Å². The fourth-order valence-electron chi connectivity index (χ4n) is 1.22. The standard InChI is InChI=1S/C10H17N3O3/c1-14-6-7-15-5-4-9-12-10(16-13-9)11-8-2-3-8/h8H,2-7H2,1H3,(H,11,12,13). The van der Waals surface area contributed by atoms with Gasteiger partial charge in [0.25, 0.3) is 0 Å². The summed E-state index contributed by atoms with van der Waals surface area (Å²) >= 11 is 0. The van der Waals surface area contributed by atoms with Crippen LogP contribution in [0.15, 0.2) is 4.52 Å². The van der Waals surface area contributed by atoms with Crippen LogP contribution in [0.25, 0.3) is 0 Å². The van der Waals surface area contributed by atoms with E-state index in [9.17, 15) is 0 Å². The summed E-state index contributed by atoms with van der Waals surface area (Å²) in [5, 5.41) is 7.00. The Bertz CT molecular complexity index is 312. The van der Waals surface area contributed by atoms with E-state index in [1.165, 1.54) is 12.8 Å². The molecule has 6 heteroatoms. The van der Waals surface area contributed by atoms with Crippen molar-refractivity contribution in [1.82, 2.24) is 10.1 Å². The first-order chi connectivity index (χ1) is 7.88. The Balaban J connectivity index is 1.62. The molecule has 0 aromatic carbocycles. The Morgan fingerprint density at radius 1 is 1.38 bits per heavy atom. The van der Waals surface area contributed by atoms with Crippen LogP contribution in [-0.4, -0.2) is 43.1 Å². The maximum absolute atomic E-state index is 5.31. The second-order valence-electron chi connectivity index (χ2n) is 3.79. The van der Waals surface area contributed by atoms with E-state index in [2.05, 4.69) is 15.5 Å². The van der Waals surface area contributed by atoms with E-state index in [-0.39, 0.29) is 0 Å². The lowest BCUT2D eigenvalue weighted by atomic mass is 10.4. The van der Waals surface area contributed by atoms with Crippen molar-refractivity contribution in [3.05, 3.63) is 5.82 Å². The third-order valence-corrected chi connectivity index (χ3v) is 2.27. The molecule has 1 aliphatic rings. The van der Waals surface area contributed by atoms with Crippen LogP contribution in [0.2, 0.25) is 0 Å². The monoisotopic (exact) mass is 227 g/mol. The molecular formula is C10H17N3O3. The van der Waals surface area contributed by atoms with Gasteiger partial charge in [0, 0.05) is 19.6 Å². The van der Waals surface area contributed by atoms with Crippen LogP contribution in [0.1, 0.15) is 18.7 Å². The number of anilines is 1. The van der Waals surface area contributed by atoms with Gasteiger partial charge in [-0.25, -0.2) is 0 Å². The number of hydrogen-bond acceptors (Lipinski definition) is 6. The molecule has 1 aromatic rings. The molecule has 2 rings (SSSR count). The topological polar surface area (TPSA) is 69.4 Å². The number of methoxy groups -OCH3 is 1. The molecule has 0 atom stereocenters. The van der Waals surface area contributed by atoms with Gasteiger partial charge < -0.3 is 19.3 Å². The fourth-order valence-corrected chi connectivity index (χ4v) is 1.22. The van der Waals surface area contributed by atoms with Gasteiger partial charge in [0.05, 0.1) is 19.8 Å². The molecule has 0 bridgehead atoms. The second kappa shape index (κ2) is 5.81. The predicted octanol–water partition coefficient (Wildman–Crippen LogP) is 0.849. The van der Waals surface area contributed by atoms with E-state index >= 15 is 0 Å². The quantitative estimate of drug-likeness (QED) is 0.664. The Morgan fingerprint density at radius 2 is 2.25 bits per heavy atom. The highest BCUT2D eigenvalue weighted by atomic mass is 16.5. The van der Waals surface area contributed by atoms with Crippen LogP contribution >= 0.6 is 0 Å². The van der Waals surface area contributed by atoms with E-state index in [4.69, 9.17) is 14.0 Å². The van der Waals surface area contributed by atoms with Gasteiger partial charge in [0.15, 0.2) is 5.82 Å². The molecular weight excluding hydrogens is 210 g/mol. The molecule has 0 amide bonds. The highest BCUT2D eigenvalue weighted by molar-refractivity contribution is 5.23. The van der Waals surface area contributed by atoms with Gasteiger partial charge in [-0.1, -0.05) is 5.16 Å². The maximum atomic E-state index is 5.31. The van der Waals surface area contributed by atoms with E-state index in [0.29, 0.717) is 44.1 Å². The zero-order valence-corrected chi connectivity index (χ0v) is 9.44. The third-order valence-electron chi connectivity index (χ3n) is 2.27. The molecule has 0 aliphatic heterocycles. The average molecular weight is 227 g/mol. The molecule has 1 aliphatic carbocycles. The smallest absolute Gasteiger partial charge is 0.321 e. The SMILES string of the molecule is COCCOCCc1noc(NC2CC2)n1. The highest BCUT2D eigenvalue weighted by Gasteiger charge is 2.23. The summed E-state index contributed by atoms with van der Waals surface area (Å²) in [6.07, 6.45) is 3.05. The Hall–Kier alpha value is -1.14. The van der Waals surface area contributed by atoms with Crippen LogP contribution in [0.5, 0.6) is 0 Å². The van der Waals surface area contributed by atoms with E-state index in [1.807, 2.05) is 0 Å². The first-order valence-electron chi connectivity index (χ1n) is 5.54. The summed E-state index contributed by atoms with van der Waals surface area (Å²) in [6.45, 7) is 1.80. The highest BCUT2D eigenvalue weighted by Crippen LogP contribution is 2.23. The van der Waals surface area contributed by atoms with Gasteiger partial charge in [-0.3, -0.25) is 0 Å². The van der Waals surface area contributed by atoms with Gasteiger partial charge >= 0.3 is 6.01 Å².